The van der Waals surface area contributed by atoms with Crippen molar-refractivity contribution in [3.63, 3.8) is 0 Å². The minimum atomic E-state index is 0.785. The largest absolute Gasteiger partial charge is 0.332 e. The fourth-order valence-corrected chi connectivity index (χ4v) is 4.15. The van der Waals surface area contributed by atoms with Crippen LogP contribution in [0, 0.1) is 6.92 Å². The van der Waals surface area contributed by atoms with E-state index in [1.807, 2.05) is 18.2 Å². The average molecular weight is 364 g/mol. The third kappa shape index (κ3) is 3.81. The van der Waals surface area contributed by atoms with Gasteiger partial charge in [0.05, 0.1) is 11.2 Å². The highest BCUT2D eigenvalue weighted by Gasteiger charge is 2.07. The lowest BCUT2D eigenvalue weighted by molar-refractivity contribution is 1.10. The number of hydrogen-bond acceptors (Lipinski definition) is 6. The van der Waals surface area contributed by atoms with E-state index >= 15 is 0 Å². The zero-order valence-electron chi connectivity index (χ0n) is 13.6. The summed E-state index contributed by atoms with van der Waals surface area (Å²) in [6.07, 6.45) is 1.62. The second-order valence-corrected chi connectivity index (χ2v) is 7.44. The van der Waals surface area contributed by atoms with Gasteiger partial charge in [-0.05, 0) is 25.1 Å². The van der Waals surface area contributed by atoms with Gasteiger partial charge in [0.25, 0.3) is 0 Å². The minimum Gasteiger partial charge on any atom is -0.332 e. The quantitative estimate of drug-likeness (QED) is 0.378. The van der Waals surface area contributed by atoms with E-state index < -0.39 is 0 Å². The lowest BCUT2D eigenvalue weighted by atomic mass is 10.2. The van der Waals surface area contributed by atoms with Crippen LogP contribution in [0.4, 0.5) is 10.8 Å². The molecule has 6 heteroatoms. The molecule has 2 heterocycles. The molecular formula is C19H16N4S2. The van der Waals surface area contributed by atoms with Crippen LogP contribution in [0.2, 0.25) is 0 Å². The first-order valence-electron chi connectivity index (χ1n) is 7.88. The molecule has 0 unspecified atom stereocenters. The second kappa shape index (κ2) is 7.21. The maximum Gasteiger partial charge on any atom is 0.187 e. The van der Waals surface area contributed by atoms with Crippen LogP contribution in [0.1, 0.15) is 11.3 Å². The van der Waals surface area contributed by atoms with Gasteiger partial charge in [-0.15, -0.1) is 11.3 Å². The van der Waals surface area contributed by atoms with Crippen LogP contribution in [0.25, 0.3) is 10.9 Å². The Hall–Kier alpha value is -2.44. The number of anilines is 2. The Morgan fingerprint density at radius 3 is 2.76 bits per heavy atom. The zero-order valence-corrected chi connectivity index (χ0v) is 15.3. The van der Waals surface area contributed by atoms with Gasteiger partial charge in [0.15, 0.2) is 5.13 Å². The predicted molar refractivity (Wildman–Crippen MR) is 106 cm³/mol. The number of aromatic nitrogens is 3. The van der Waals surface area contributed by atoms with Gasteiger partial charge in [0.2, 0.25) is 0 Å². The molecule has 0 saturated heterocycles. The third-order valence-electron chi connectivity index (χ3n) is 3.72. The highest BCUT2D eigenvalue weighted by atomic mass is 32.2. The first-order chi connectivity index (χ1) is 12.3. The molecule has 0 radical (unpaired) electrons. The van der Waals surface area contributed by atoms with Crippen molar-refractivity contribution in [2.24, 2.45) is 0 Å². The number of rotatable bonds is 5. The molecule has 0 fully saturated rings. The molecule has 0 amide bonds. The van der Waals surface area contributed by atoms with Crippen LogP contribution >= 0.6 is 23.1 Å². The van der Waals surface area contributed by atoms with Crippen LogP contribution in [0.15, 0.2) is 65.3 Å². The summed E-state index contributed by atoms with van der Waals surface area (Å²) < 4.78 is 0. The molecule has 0 atom stereocenters. The summed E-state index contributed by atoms with van der Waals surface area (Å²) in [6.45, 7) is 2.08. The van der Waals surface area contributed by atoms with Crippen molar-refractivity contribution >= 4 is 44.8 Å². The lowest BCUT2D eigenvalue weighted by Gasteiger charge is -2.03. The minimum absolute atomic E-state index is 0.785. The highest BCUT2D eigenvalue weighted by molar-refractivity contribution is 7.98. The van der Waals surface area contributed by atoms with Crippen LogP contribution in [0.5, 0.6) is 0 Å². The summed E-state index contributed by atoms with van der Waals surface area (Å²) in [7, 11) is 0. The Morgan fingerprint density at radius 1 is 1.04 bits per heavy atom. The van der Waals surface area contributed by atoms with Crippen LogP contribution < -0.4 is 5.32 Å². The van der Waals surface area contributed by atoms with Crippen molar-refractivity contribution in [3.05, 3.63) is 71.5 Å². The molecule has 25 heavy (non-hydrogen) atoms. The number of benzene rings is 2. The number of fused-ring (bicyclic) bond motifs is 1. The molecule has 0 spiro atoms. The van der Waals surface area contributed by atoms with E-state index in [2.05, 4.69) is 62.9 Å². The van der Waals surface area contributed by atoms with Crippen LogP contribution in [-0.2, 0) is 5.75 Å². The topological polar surface area (TPSA) is 50.7 Å². The van der Waals surface area contributed by atoms with Crippen molar-refractivity contribution in [2.75, 3.05) is 5.32 Å². The molecule has 0 bridgehead atoms. The van der Waals surface area contributed by atoms with E-state index in [1.54, 1.807) is 29.4 Å². The molecular weight excluding hydrogens is 348 g/mol. The predicted octanol–water partition coefficient (Wildman–Crippen LogP) is 5.43. The Labute approximate surface area is 154 Å². The van der Waals surface area contributed by atoms with E-state index in [4.69, 9.17) is 0 Å². The Balaban J connectivity index is 1.45. The first kappa shape index (κ1) is 16.1. The molecule has 4 rings (SSSR count). The summed E-state index contributed by atoms with van der Waals surface area (Å²) >= 11 is 3.31. The number of para-hydroxylation sites is 1. The first-order valence-corrected chi connectivity index (χ1v) is 9.75. The molecule has 4 aromatic rings. The molecule has 2 aromatic heterocycles. The van der Waals surface area contributed by atoms with E-state index in [9.17, 15) is 0 Å². The van der Waals surface area contributed by atoms with Crippen molar-refractivity contribution in [1.29, 1.82) is 0 Å². The normalized spacial score (nSPS) is 10.9. The molecule has 1 N–H and O–H groups in total. The lowest BCUT2D eigenvalue weighted by Crippen LogP contribution is -1.91. The third-order valence-corrected chi connectivity index (χ3v) is 5.56. The average Bonchev–Trinajstić information content (AvgIpc) is 3.09. The fourth-order valence-electron chi connectivity index (χ4n) is 2.43. The fraction of sp³-hybridized carbons (Fsp3) is 0.105. The van der Waals surface area contributed by atoms with Crippen LogP contribution in [-0.4, -0.2) is 15.0 Å². The van der Waals surface area contributed by atoms with Crippen LogP contribution in [0.3, 0.4) is 0 Å². The van der Waals surface area contributed by atoms with E-state index in [0.29, 0.717) is 0 Å². The number of thiazole rings is 1. The summed E-state index contributed by atoms with van der Waals surface area (Å²) in [6, 6.07) is 16.4. The smallest absolute Gasteiger partial charge is 0.187 e. The molecule has 0 saturated carbocycles. The van der Waals surface area contributed by atoms with Crippen molar-refractivity contribution in [3.8, 4) is 0 Å². The van der Waals surface area contributed by atoms with Gasteiger partial charge < -0.3 is 5.32 Å². The number of hydrogen-bond donors (Lipinski definition) is 1. The van der Waals surface area contributed by atoms with Crippen molar-refractivity contribution in [2.45, 2.75) is 17.7 Å². The molecule has 2 aromatic carbocycles. The summed E-state index contributed by atoms with van der Waals surface area (Å²) in [5.41, 5.74) is 4.33. The van der Waals surface area contributed by atoms with Gasteiger partial charge in [0, 0.05) is 22.2 Å². The van der Waals surface area contributed by atoms with Gasteiger partial charge in [-0.3, -0.25) is 0 Å². The van der Waals surface area contributed by atoms with Gasteiger partial charge >= 0.3 is 0 Å². The Kier molecular flexibility index (Phi) is 4.63. The highest BCUT2D eigenvalue weighted by Crippen LogP contribution is 2.29. The maximum absolute atomic E-state index is 4.67. The Morgan fingerprint density at radius 2 is 1.88 bits per heavy atom. The zero-order chi connectivity index (χ0) is 17.1. The monoisotopic (exact) mass is 364 g/mol. The van der Waals surface area contributed by atoms with Crippen molar-refractivity contribution in [1.82, 2.24) is 15.0 Å². The molecule has 4 nitrogen and oxygen atoms in total. The molecule has 0 aliphatic heterocycles. The number of nitrogens with one attached hydrogen (secondary N) is 1. The van der Waals surface area contributed by atoms with E-state index in [-0.39, 0.29) is 0 Å². The molecule has 124 valence electrons. The number of aryl methyl sites for hydroxylation is 1. The van der Waals surface area contributed by atoms with Gasteiger partial charge in [-0.25, -0.2) is 15.0 Å². The summed E-state index contributed by atoms with van der Waals surface area (Å²) in [5.74, 6) is 0.785. The van der Waals surface area contributed by atoms with Gasteiger partial charge in [-0.1, -0.05) is 47.7 Å². The maximum atomic E-state index is 4.67. The van der Waals surface area contributed by atoms with Crippen molar-refractivity contribution < 1.29 is 0 Å². The molecule has 0 aliphatic rings. The van der Waals surface area contributed by atoms with E-state index in [0.717, 1.165) is 38.2 Å². The van der Waals surface area contributed by atoms with Gasteiger partial charge in [-0.2, -0.15) is 0 Å². The number of thioether (sulfide) groups is 1. The second-order valence-electron chi connectivity index (χ2n) is 5.62. The van der Waals surface area contributed by atoms with Gasteiger partial charge in [0.1, 0.15) is 11.4 Å². The van der Waals surface area contributed by atoms with E-state index in [1.165, 1.54) is 5.56 Å². The summed E-state index contributed by atoms with van der Waals surface area (Å²) in [5, 5.41) is 8.43. The summed E-state index contributed by atoms with van der Waals surface area (Å²) in [4.78, 5) is 13.4. The standard InChI is InChI=1S/C19H16N4S2/c1-13-6-8-14(9-7-13)22-19-23-15(11-25-19)10-24-18-16-4-2-3-5-17(16)20-12-21-18/h2-9,11-12H,10H2,1H3,(H,22,23). The SMILES string of the molecule is Cc1ccc(Nc2nc(CSc3ncnc4ccccc34)cs2)cc1. The number of nitrogens with zero attached hydrogens (tertiary/aromatic N) is 3. The Bertz CT molecular complexity index is 990. The molecule has 0 aliphatic carbocycles.